The van der Waals surface area contributed by atoms with E-state index >= 15 is 0 Å². The molecule has 86 valence electrons. The zero-order chi connectivity index (χ0) is 11.7. The normalized spacial score (nSPS) is 10.7. The summed E-state index contributed by atoms with van der Waals surface area (Å²) in [5, 5.41) is 6.07. The summed E-state index contributed by atoms with van der Waals surface area (Å²) in [5.74, 6) is 0. The number of nitrogens with zero attached hydrogens (tertiary/aromatic N) is 2. The molecule has 6 nitrogen and oxygen atoms in total. The molecule has 0 heterocycles. The second-order valence-electron chi connectivity index (χ2n) is 3.10. The molecule has 0 aliphatic heterocycles. The van der Waals surface area contributed by atoms with Crippen molar-refractivity contribution in [2.24, 2.45) is 10.2 Å². The molecule has 0 bridgehead atoms. The average molecular weight is 216 g/mol. The van der Waals surface area contributed by atoms with E-state index < -0.39 is 12.2 Å². The summed E-state index contributed by atoms with van der Waals surface area (Å²) in [5.41, 5.74) is 0. The third kappa shape index (κ3) is 8.86. The summed E-state index contributed by atoms with van der Waals surface area (Å²) in [6, 6.07) is 0. The Balaban J connectivity index is 3.74. The minimum atomic E-state index is -0.891. The van der Waals surface area contributed by atoms with Gasteiger partial charge in [-0.2, -0.15) is 0 Å². The Bertz CT molecular complexity index is 238. The van der Waals surface area contributed by atoms with E-state index in [2.05, 4.69) is 19.7 Å². The van der Waals surface area contributed by atoms with Crippen molar-refractivity contribution in [1.29, 1.82) is 0 Å². The first-order valence-corrected chi connectivity index (χ1v) is 4.85. The molecule has 0 aliphatic carbocycles. The van der Waals surface area contributed by atoms with Crippen LogP contribution in [-0.2, 0) is 9.47 Å². The van der Waals surface area contributed by atoms with Crippen LogP contribution in [0.4, 0.5) is 9.59 Å². The number of amides is 2. The summed E-state index contributed by atoms with van der Waals surface area (Å²) in [6.45, 7) is 5.60. The van der Waals surface area contributed by atoms with E-state index in [-0.39, 0.29) is 12.7 Å². The summed E-state index contributed by atoms with van der Waals surface area (Å²) in [4.78, 5) is 21.6. The SMILES string of the molecule is CCCCOC(=O)/N=N/C(=O)OC(C)C. The molecule has 0 N–H and O–H groups in total. The van der Waals surface area contributed by atoms with Crippen molar-refractivity contribution < 1.29 is 19.1 Å². The van der Waals surface area contributed by atoms with Crippen molar-refractivity contribution in [1.82, 2.24) is 0 Å². The second-order valence-corrected chi connectivity index (χ2v) is 3.10. The highest BCUT2D eigenvalue weighted by molar-refractivity contribution is 5.73. The van der Waals surface area contributed by atoms with Crippen molar-refractivity contribution in [3.63, 3.8) is 0 Å². The molecule has 0 fully saturated rings. The van der Waals surface area contributed by atoms with E-state index in [0.29, 0.717) is 0 Å². The van der Waals surface area contributed by atoms with E-state index in [9.17, 15) is 9.59 Å². The van der Waals surface area contributed by atoms with E-state index in [1.165, 1.54) is 0 Å². The largest absolute Gasteiger partial charge is 0.452 e. The summed E-state index contributed by atoms with van der Waals surface area (Å²) in [6.07, 6.45) is -0.369. The summed E-state index contributed by atoms with van der Waals surface area (Å²) >= 11 is 0. The Morgan fingerprint density at radius 2 is 1.80 bits per heavy atom. The Kier molecular flexibility index (Phi) is 7.13. The molecule has 15 heavy (non-hydrogen) atoms. The lowest BCUT2D eigenvalue weighted by atomic mass is 10.4. The van der Waals surface area contributed by atoms with Crippen LogP contribution in [0.1, 0.15) is 33.6 Å². The van der Waals surface area contributed by atoms with E-state index in [4.69, 9.17) is 0 Å². The summed E-state index contributed by atoms with van der Waals surface area (Å²) < 4.78 is 9.25. The Hall–Kier alpha value is -1.46. The van der Waals surface area contributed by atoms with Crippen LogP contribution in [0.15, 0.2) is 10.2 Å². The minimum absolute atomic E-state index is 0.285. The fraction of sp³-hybridized carbons (Fsp3) is 0.778. The predicted octanol–water partition coefficient (Wildman–Crippen LogP) is 2.92. The van der Waals surface area contributed by atoms with Crippen LogP contribution in [0.3, 0.4) is 0 Å². The maximum absolute atomic E-state index is 10.8. The van der Waals surface area contributed by atoms with Crippen LogP contribution in [0.2, 0.25) is 0 Å². The van der Waals surface area contributed by atoms with Gasteiger partial charge in [0.15, 0.2) is 0 Å². The van der Waals surface area contributed by atoms with Gasteiger partial charge in [0.1, 0.15) is 0 Å². The molecule has 0 aromatic rings. The molecule has 0 atom stereocenters. The lowest BCUT2D eigenvalue weighted by Gasteiger charge is -2.02. The molecule has 2 amide bonds. The molecular formula is C9H16N2O4. The summed E-state index contributed by atoms with van der Waals surface area (Å²) in [7, 11) is 0. The van der Waals surface area contributed by atoms with Crippen molar-refractivity contribution in [2.75, 3.05) is 6.61 Å². The van der Waals surface area contributed by atoms with Crippen molar-refractivity contribution in [3.05, 3.63) is 0 Å². The molecule has 0 saturated carbocycles. The third-order valence-electron chi connectivity index (χ3n) is 1.27. The number of ether oxygens (including phenoxy) is 2. The molecule has 0 rings (SSSR count). The topological polar surface area (TPSA) is 77.3 Å². The molecular weight excluding hydrogens is 200 g/mol. The number of hydrogen-bond acceptors (Lipinski definition) is 4. The zero-order valence-corrected chi connectivity index (χ0v) is 9.23. The van der Waals surface area contributed by atoms with Gasteiger partial charge in [-0.15, -0.1) is 0 Å². The Morgan fingerprint density at radius 3 is 2.33 bits per heavy atom. The first-order chi connectivity index (χ1) is 7.06. The maximum atomic E-state index is 10.8. The zero-order valence-electron chi connectivity index (χ0n) is 9.23. The van der Waals surface area contributed by atoms with Crippen LogP contribution in [0, 0.1) is 0 Å². The van der Waals surface area contributed by atoms with Crippen LogP contribution < -0.4 is 0 Å². The number of carbonyl (C=O) groups is 2. The van der Waals surface area contributed by atoms with E-state index in [0.717, 1.165) is 12.8 Å². The molecule has 0 spiro atoms. The standard InChI is InChI=1S/C9H16N2O4/c1-4-5-6-14-8(12)10-11-9(13)15-7(2)3/h7H,4-6H2,1-3H3/b11-10+. The van der Waals surface area contributed by atoms with Crippen molar-refractivity contribution >= 4 is 12.2 Å². The fourth-order valence-electron chi connectivity index (χ4n) is 0.640. The van der Waals surface area contributed by atoms with Gasteiger partial charge in [0.05, 0.1) is 12.7 Å². The number of carbonyl (C=O) groups excluding carboxylic acids is 2. The lowest BCUT2D eigenvalue weighted by molar-refractivity contribution is 0.121. The quantitative estimate of drug-likeness (QED) is 0.534. The Labute approximate surface area is 88.7 Å². The average Bonchev–Trinajstić information content (AvgIpc) is 2.14. The van der Waals surface area contributed by atoms with Gasteiger partial charge in [-0.05, 0) is 20.3 Å². The molecule has 0 aliphatic rings. The van der Waals surface area contributed by atoms with Gasteiger partial charge >= 0.3 is 12.2 Å². The second kappa shape index (κ2) is 7.90. The van der Waals surface area contributed by atoms with Gasteiger partial charge in [-0.3, -0.25) is 0 Å². The van der Waals surface area contributed by atoms with Crippen LogP contribution in [-0.4, -0.2) is 24.9 Å². The highest BCUT2D eigenvalue weighted by Crippen LogP contribution is 1.95. The first-order valence-electron chi connectivity index (χ1n) is 4.85. The van der Waals surface area contributed by atoms with Crippen LogP contribution in [0.5, 0.6) is 0 Å². The van der Waals surface area contributed by atoms with Crippen LogP contribution >= 0.6 is 0 Å². The highest BCUT2D eigenvalue weighted by Gasteiger charge is 2.05. The van der Waals surface area contributed by atoms with Gasteiger partial charge in [0.25, 0.3) is 0 Å². The van der Waals surface area contributed by atoms with Gasteiger partial charge in [0, 0.05) is 0 Å². The van der Waals surface area contributed by atoms with Crippen LogP contribution in [0.25, 0.3) is 0 Å². The van der Waals surface area contributed by atoms with Crippen molar-refractivity contribution in [2.45, 2.75) is 39.7 Å². The number of azo groups is 1. The van der Waals surface area contributed by atoms with Gasteiger partial charge in [-0.25, -0.2) is 9.59 Å². The predicted molar refractivity (Wildman–Crippen MR) is 52.7 cm³/mol. The lowest BCUT2D eigenvalue weighted by Crippen LogP contribution is -2.07. The molecule has 0 saturated heterocycles. The molecule has 0 aromatic carbocycles. The van der Waals surface area contributed by atoms with Gasteiger partial charge < -0.3 is 9.47 Å². The first kappa shape index (κ1) is 13.5. The maximum Gasteiger partial charge on any atom is 0.452 e. The number of unbranched alkanes of at least 4 members (excludes halogenated alkanes) is 1. The molecule has 0 unspecified atom stereocenters. The minimum Gasteiger partial charge on any atom is -0.447 e. The smallest absolute Gasteiger partial charge is 0.447 e. The third-order valence-corrected chi connectivity index (χ3v) is 1.27. The highest BCUT2D eigenvalue weighted by atomic mass is 16.6. The molecule has 0 aromatic heterocycles. The van der Waals surface area contributed by atoms with Gasteiger partial charge in [-0.1, -0.05) is 23.6 Å². The number of rotatable bonds is 4. The van der Waals surface area contributed by atoms with Crippen molar-refractivity contribution in [3.8, 4) is 0 Å². The van der Waals surface area contributed by atoms with E-state index in [1.807, 2.05) is 6.92 Å². The molecule has 0 radical (unpaired) electrons. The Morgan fingerprint density at radius 1 is 1.20 bits per heavy atom. The monoisotopic (exact) mass is 216 g/mol. The number of hydrogen-bond donors (Lipinski definition) is 0. The van der Waals surface area contributed by atoms with Gasteiger partial charge in [0.2, 0.25) is 0 Å². The molecule has 6 heteroatoms. The van der Waals surface area contributed by atoms with E-state index in [1.54, 1.807) is 13.8 Å². The fourth-order valence-corrected chi connectivity index (χ4v) is 0.640.